The van der Waals surface area contributed by atoms with E-state index in [0.29, 0.717) is 0 Å². The van der Waals surface area contributed by atoms with Gasteiger partial charge in [-0.2, -0.15) is 0 Å². The smallest absolute Gasteiger partial charge is 0.118 e. The summed E-state index contributed by atoms with van der Waals surface area (Å²) in [5.41, 5.74) is 6.36. The Morgan fingerprint density at radius 3 is 1.69 bits per heavy atom. The third-order valence-corrected chi connectivity index (χ3v) is 7.87. The first-order valence-corrected chi connectivity index (χ1v) is 12.7. The SMILES string of the molecule is CCN1c2c(ccc3ccccc23)-c2ccc3ccccc3c2-n2c1cc1c3ccccc3ccc12. The summed E-state index contributed by atoms with van der Waals surface area (Å²) in [5, 5.41) is 8.97. The molecule has 7 aromatic rings. The first kappa shape index (κ1) is 19.7. The maximum absolute atomic E-state index is 2.52. The molecule has 36 heavy (non-hydrogen) atoms. The van der Waals surface area contributed by atoms with E-state index in [0.717, 1.165) is 6.54 Å². The lowest BCUT2D eigenvalue weighted by molar-refractivity contribution is 0.975. The maximum atomic E-state index is 2.52. The lowest BCUT2D eigenvalue weighted by Gasteiger charge is -2.25. The van der Waals surface area contributed by atoms with Crippen LogP contribution in [0, 0.1) is 0 Å². The molecular weight excluding hydrogens is 436 g/mol. The number of hydrogen-bond donors (Lipinski definition) is 0. The molecule has 2 nitrogen and oxygen atoms in total. The fourth-order valence-corrected chi connectivity index (χ4v) is 6.29. The molecule has 1 aliphatic rings. The van der Waals surface area contributed by atoms with Crippen LogP contribution in [0.4, 0.5) is 11.5 Å². The van der Waals surface area contributed by atoms with Gasteiger partial charge >= 0.3 is 0 Å². The van der Waals surface area contributed by atoms with Gasteiger partial charge in [0.2, 0.25) is 0 Å². The van der Waals surface area contributed by atoms with Crippen LogP contribution in [-0.4, -0.2) is 11.1 Å². The summed E-state index contributed by atoms with van der Waals surface area (Å²) in [6, 6.07) is 42.4. The standard InChI is InChI=1S/C34H24N2/c1-2-35-32-21-30-25-12-6-3-9-22(25)17-20-31(30)36(32)34-27-14-8-5-11-24(27)16-19-29(34)28-18-15-23-10-4-7-13-26(23)33(28)35/h3-21H,2H2,1H3. The van der Waals surface area contributed by atoms with E-state index in [1.807, 2.05) is 0 Å². The predicted octanol–water partition coefficient (Wildman–Crippen LogP) is 9.23. The normalized spacial score (nSPS) is 12.6. The highest BCUT2D eigenvalue weighted by Gasteiger charge is 2.29. The Morgan fingerprint density at radius 1 is 0.500 bits per heavy atom. The van der Waals surface area contributed by atoms with Gasteiger partial charge < -0.3 is 4.90 Å². The highest BCUT2D eigenvalue weighted by Crippen LogP contribution is 2.50. The van der Waals surface area contributed by atoms with Gasteiger partial charge in [-0.1, -0.05) is 103 Å². The number of fused-ring (bicyclic) bond motifs is 13. The van der Waals surface area contributed by atoms with Gasteiger partial charge in [0.25, 0.3) is 0 Å². The first-order valence-electron chi connectivity index (χ1n) is 12.7. The zero-order valence-electron chi connectivity index (χ0n) is 20.1. The fourth-order valence-electron chi connectivity index (χ4n) is 6.29. The minimum Gasteiger partial charge on any atom is -0.327 e. The number of benzene rings is 6. The highest BCUT2D eigenvalue weighted by molar-refractivity contribution is 6.14. The lowest BCUT2D eigenvalue weighted by atomic mass is 9.94. The molecule has 2 heterocycles. The van der Waals surface area contributed by atoms with Crippen molar-refractivity contribution < 1.29 is 0 Å². The monoisotopic (exact) mass is 460 g/mol. The summed E-state index contributed by atoms with van der Waals surface area (Å²) >= 11 is 0. The van der Waals surface area contributed by atoms with Crippen molar-refractivity contribution in [3.63, 3.8) is 0 Å². The minimum atomic E-state index is 0.876. The Hall–Kier alpha value is -4.56. The molecule has 0 amide bonds. The quantitative estimate of drug-likeness (QED) is 0.237. The molecule has 0 fully saturated rings. The third-order valence-electron chi connectivity index (χ3n) is 7.87. The second kappa shape index (κ2) is 7.22. The largest absolute Gasteiger partial charge is 0.327 e. The van der Waals surface area contributed by atoms with Crippen molar-refractivity contribution >= 4 is 54.7 Å². The van der Waals surface area contributed by atoms with Crippen molar-refractivity contribution in [1.82, 2.24) is 4.57 Å². The average Bonchev–Trinajstić information content (AvgIpc) is 3.26. The van der Waals surface area contributed by atoms with Crippen LogP contribution in [-0.2, 0) is 0 Å². The van der Waals surface area contributed by atoms with Gasteiger partial charge in [-0.25, -0.2) is 0 Å². The van der Waals surface area contributed by atoms with Crippen LogP contribution in [0.5, 0.6) is 0 Å². The number of nitrogens with zero attached hydrogens (tertiary/aromatic N) is 2. The maximum Gasteiger partial charge on any atom is 0.118 e. The molecule has 0 aliphatic carbocycles. The molecule has 1 aliphatic heterocycles. The van der Waals surface area contributed by atoms with Crippen LogP contribution in [0.2, 0.25) is 0 Å². The van der Waals surface area contributed by atoms with Crippen LogP contribution in [0.1, 0.15) is 6.92 Å². The Bertz CT molecular complexity index is 1990. The summed E-state index contributed by atoms with van der Waals surface area (Å²) in [5.74, 6) is 1.22. The molecule has 0 atom stereocenters. The van der Waals surface area contributed by atoms with Crippen molar-refractivity contribution in [3.05, 3.63) is 115 Å². The molecule has 0 saturated heterocycles. The summed E-state index contributed by atoms with van der Waals surface area (Å²) in [6.07, 6.45) is 0. The van der Waals surface area contributed by atoms with Crippen molar-refractivity contribution in [1.29, 1.82) is 0 Å². The van der Waals surface area contributed by atoms with Crippen molar-refractivity contribution in [2.24, 2.45) is 0 Å². The third kappa shape index (κ3) is 2.51. The van der Waals surface area contributed by atoms with Crippen molar-refractivity contribution in [2.45, 2.75) is 6.92 Å². The van der Waals surface area contributed by atoms with Crippen molar-refractivity contribution in [3.8, 4) is 16.8 Å². The van der Waals surface area contributed by atoms with Crippen LogP contribution in [0.15, 0.2) is 115 Å². The molecule has 6 aromatic carbocycles. The summed E-state index contributed by atoms with van der Waals surface area (Å²) < 4.78 is 2.51. The van der Waals surface area contributed by atoms with Gasteiger partial charge in [0.15, 0.2) is 0 Å². The van der Waals surface area contributed by atoms with Gasteiger partial charge in [0, 0.05) is 33.8 Å². The van der Waals surface area contributed by atoms with Crippen LogP contribution in [0.3, 0.4) is 0 Å². The van der Waals surface area contributed by atoms with Gasteiger partial charge in [0.05, 0.1) is 16.9 Å². The fraction of sp³-hybridized carbons (Fsp3) is 0.0588. The summed E-state index contributed by atoms with van der Waals surface area (Å²) in [4.78, 5) is 2.52. The van der Waals surface area contributed by atoms with Crippen LogP contribution < -0.4 is 4.90 Å². The van der Waals surface area contributed by atoms with E-state index in [9.17, 15) is 0 Å². The molecule has 0 bridgehead atoms. The lowest BCUT2D eigenvalue weighted by Crippen LogP contribution is -2.18. The van der Waals surface area contributed by atoms with Crippen molar-refractivity contribution in [2.75, 3.05) is 11.4 Å². The van der Waals surface area contributed by atoms with E-state index in [1.54, 1.807) is 0 Å². The second-order valence-corrected chi connectivity index (χ2v) is 9.67. The highest BCUT2D eigenvalue weighted by atomic mass is 15.3. The van der Waals surface area contributed by atoms with Gasteiger partial charge in [-0.05, 0) is 40.6 Å². The Morgan fingerprint density at radius 2 is 1.03 bits per heavy atom. The van der Waals surface area contributed by atoms with E-state index in [4.69, 9.17) is 0 Å². The molecule has 8 rings (SSSR count). The number of anilines is 2. The van der Waals surface area contributed by atoms with Gasteiger partial charge in [-0.3, -0.25) is 4.57 Å². The van der Waals surface area contributed by atoms with Gasteiger partial charge in [-0.15, -0.1) is 0 Å². The topological polar surface area (TPSA) is 8.17 Å². The van der Waals surface area contributed by atoms with Crippen LogP contribution >= 0.6 is 0 Å². The van der Waals surface area contributed by atoms with E-state index >= 15 is 0 Å². The molecule has 0 saturated carbocycles. The molecule has 0 unspecified atom stereocenters. The van der Waals surface area contributed by atoms with Crippen LogP contribution in [0.25, 0.3) is 60.0 Å². The molecule has 1 aromatic heterocycles. The number of rotatable bonds is 1. The number of hydrogen-bond acceptors (Lipinski definition) is 1. The number of aromatic nitrogens is 1. The second-order valence-electron chi connectivity index (χ2n) is 9.67. The Labute approximate surface area is 209 Å². The Kier molecular flexibility index (Phi) is 3.96. The zero-order valence-corrected chi connectivity index (χ0v) is 20.1. The summed E-state index contributed by atoms with van der Waals surface area (Å²) in [7, 11) is 0. The van der Waals surface area contributed by atoms with E-state index < -0.39 is 0 Å². The molecular formula is C34H24N2. The van der Waals surface area contributed by atoms with Gasteiger partial charge in [0.1, 0.15) is 5.82 Å². The molecule has 2 heteroatoms. The summed E-state index contributed by atoms with van der Waals surface area (Å²) in [6.45, 7) is 3.14. The van der Waals surface area contributed by atoms with E-state index in [2.05, 4.69) is 132 Å². The first-order chi connectivity index (χ1) is 17.8. The zero-order chi connectivity index (χ0) is 23.8. The molecule has 170 valence electrons. The van der Waals surface area contributed by atoms with E-state index in [1.165, 1.54) is 71.5 Å². The molecule has 0 radical (unpaired) electrons. The van der Waals surface area contributed by atoms with E-state index in [-0.39, 0.29) is 0 Å². The molecule has 0 N–H and O–H groups in total. The minimum absolute atomic E-state index is 0.876. The molecule has 0 spiro atoms. The average molecular weight is 461 g/mol. The Balaban J connectivity index is 1.64. The predicted molar refractivity (Wildman–Crippen MR) is 154 cm³/mol.